The Kier molecular flexibility index (Phi) is 3.56. The molecule has 4 fully saturated rings. The molecule has 1 saturated carbocycles. The highest BCUT2D eigenvalue weighted by molar-refractivity contribution is 4.97. The van der Waals surface area contributed by atoms with Crippen LogP contribution in [-0.4, -0.2) is 73.1 Å². The van der Waals surface area contributed by atoms with Gasteiger partial charge in [-0.3, -0.25) is 9.80 Å². The summed E-state index contributed by atoms with van der Waals surface area (Å²) < 4.78 is 0. The quantitative estimate of drug-likeness (QED) is 0.761. The average molecular weight is 277 g/mol. The Labute approximate surface area is 124 Å². The molecule has 0 aromatic heterocycles. The summed E-state index contributed by atoms with van der Waals surface area (Å²) in [6.45, 7) is 10.6. The van der Waals surface area contributed by atoms with Gasteiger partial charge in [-0.15, -0.1) is 0 Å². The van der Waals surface area contributed by atoms with Gasteiger partial charge in [0.05, 0.1) is 0 Å². The minimum atomic E-state index is 0.878. The summed E-state index contributed by atoms with van der Waals surface area (Å²) in [6, 6.07) is 1.79. The molecule has 4 rings (SSSR count). The Hall–Kier alpha value is -0.120. The number of hydrogen-bond donors (Lipinski definition) is 0. The van der Waals surface area contributed by atoms with Crippen molar-refractivity contribution in [2.24, 2.45) is 17.8 Å². The zero-order chi connectivity index (χ0) is 13.7. The van der Waals surface area contributed by atoms with E-state index in [-0.39, 0.29) is 0 Å². The van der Waals surface area contributed by atoms with Crippen molar-refractivity contribution in [3.63, 3.8) is 0 Å². The van der Waals surface area contributed by atoms with Crippen molar-refractivity contribution in [1.82, 2.24) is 14.7 Å². The summed E-state index contributed by atoms with van der Waals surface area (Å²) in [7, 11) is 2.30. The van der Waals surface area contributed by atoms with Crippen LogP contribution in [0.25, 0.3) is 0 Å². The lowest BCUT2D eigenvalue weighted by atomic mass is 9.94. The molecule has 114 valence electrons. The molecular weight excluding hydrogens is 246 g/mol. The fraction of sp³-hybridized carbons (Fsp3) is 1.00. The van der Waals surface area contributed by atoms with Gasteiger partial charge in [0.25, 0.3) is 0 Å². The molecule has 0 radical (unpaired) electrons. The first kappa shape index (κ1) is 13.5. The summed E-state index contributed by atoms with van der Waals surface area (Å²) in [5.41, 5.74) is 0. The minimum absolute atomic E-state index is 0.878. The van der Waals surface area contributed by atoms with Crippen LogP contribution in [0.15, 0.2) is 0 Å². The molecule has 3 heteroatoms. The second-order valence-corrected chi connectivity index (χ2v) is 8.22. The Morgan fingerprint density at radius 2 is 1.50 bits per heavy atom. The van der Waals surface area contributed by atoms with Gasteiger partial charge in [0.2, 0.25) is 0 Å². The molecule has 3 atom stereocenters. The number of rotatable bonds is 2. The van der Waals surface area contributed by atoms with Crippen LogP contribution in [0.4, 0.5) is 0 Å². The average Bonchev–Trinajstić information content (AvgIpc) is 2.92. The van der Waals surface area contributed by atoms with Crippen molar-refractivity contribution in [2.75, 3.05) is 46.3 Å². The van der Waals surface area contributed by atoms with Crippen LogP contribution in [0.3, 0.4) is 0 Å². The van der Waals surface area contributed by atoms with Crippen LogP contribution in [0.1, 0.15) is 32.6 Å². The molecule has 3 nitrogen and oxygen atoms in total. The third-order valence-electron chi connectivity index (χ3n) is 6.46. The smallest absolute Gasteiger partial charge is 0.0224 e. The fourth-order valence-electron chi connectivity index (χ4n) is 5.46. The molecule has 0 aromatic carbocycles. The third-order valence-corrected chi connectivity index (χ3v) is 6.46. The van der Waals surface area contributed by atoms with E-state index in [1.54, 1.807) is 0 Å². The van der Waals surface area contributed by atoms with Crippen LogP contribution in [0, 0.1) is 17.8 Å². The Morgan fingerprint density at radius 3 is 2.15 bits per heavy atom. The van der Waals surface area contributed by atoms with E-state index in [0.717, 1.165) is 29.8 Å². The topological polar surface area (TPSA) is 9.72 Å². The summed E-state index contributed by atoms with van der Waals surface area (Å²) in [4.78, 5) is 8.17. The van der Waals surface area contributed by atoms with Crippen molar-refractivity contribution >= 4 is 0 Å². The molecule has 0 bridgehead atoms. The third kappa shape index (κ3) is 2.42. The summed E-state index contributed by atoms with van der Waals surface area (Å²) in [5, 5.41) is 0. The van der Waals surface area contributed by atoms with E-state index in [4.69, 9.17) is 0 Å². The summed E-state index contributed by atoms with van der Waals surface area (Å²) >= 11 is 0. The molecule has 0 amide bonds. The van der Waals surface area contributed by atoms with Crippen molar-refractivity contribution in [3.8, 4) is 0 Å². The van der Waals surface area contributed by atoms with E-state index in [1.165, 1.54) is 65.0 Å². The van der Waals surface area contributed by atoms with E-state index in [1.807, 2.05) is 0 Å². The van der Waals surface area contributed by atoms with E-state index in [2.05, 4.69) is 28.7 Å². The van der Waals surface area contributed by atoms with Crippen LogP contribution in [-0.2, 0) is 0 Å². The largest absolute Gasteiger partial charge is 0.306 e. The lowest BCUT2D eigenvalue weighted by molar-refractivity contribution is 0.00779. The van der Waals surface area contributed by atoms with Gasteiger partial charge in [-0.2, -0.15) is 0 Å². The van der Waals surface area contributed by atoms with E-state index in [0.29, 0.717) is 0 Å². The van der Waals surface area contributed by atoms with E-state index in [9.17, 15) is 0 Å². The highest BCUT2D eigenvalue weighted by atomic mass is 15.3. The minimum Gasteiger partial charge on any atom is -0.306 e. The lowest BCUT2D eigenvalue weighted by Crippen LogP contribution is -2.57. The molecule has 0 aromatic rings. The Morgan fingerprint density at radius 1 is 0.800 bits per heavy atom. The van der Waals surface area contributed by atoms with Gasteiger partial charge < -0.3 is 4.90 Å². The lowest BCUT2D eigenvalue weighted by Gasteiger charge is -2.48. The SMILES string of the molecule is CC1CN(C2CCCN(C3CC4CN(C)CC4C3)C2)C1. The predicted octanol–water partition coefficient (Wildman–Crippen LogP) is 1.74. The van der Waals surface area contributed by atoms with Crippen molar-refractivity contribution in [2.45, 2.75) is 44.7 Å². The van der Waals surface area contributed by atoms with Crippen molar-refractivity contribution in [3.05, 3.63) is 0 Å². The van der Waals surface area contributed by atoms with Gasteiger partial charge in [-0.25, -0.2) is 0 Å². The zero-order valence-corrected chi connectivity index (χ0v) is 13.3. The first-order valence-corrected chi connectivity index (χ1v) is 8.85. The number of fused-ring (bicyclic) bond motifs is 1. The normalized spacial score (nSPS) is 44.7. The molecule has 3 aliphatic heterocycles. The monoisotopic (exact) mass is 277 g/mol. The fourth-order valence-corrected chi connectivity index (χ4v) is 5.46. The highest BCUT2D eigenvalue weighted by Crippen LogP contribution is 2.40. The van der Waals surface area contributed by atoms with E-state index < -0.39 is 0 Å². The predicted molar refractivity (Wildman–Crippen MR) is 82.8 cm³/mol. The number of hydrogen-bond acceptors (Lipinski definition) is 3. The van der Waals surface area contributed by atoms with Crippen molar-refractivity contribution in [1.29, 1.82) is 0 Å². The summed E-state index contributed by atoms with van der Waals surface area (Å²) in [5.74, 6) is 2.97. The zero-order valence-electron chi connectivity index (χ0n) is 13.3. The van der Waals surface area contributed by atoms with Crippen LogP contribution < -0.4 is 0 Å². The molecule has 3 unspecified atom stereocenters. The maximum atomic E-state index is 2.87. The van der Waals surface area contributed by atoms with Gasteiger partial charge in [0.15, 0.2) is 0 Å². The molecule has 20 heavy (non-hydrogen) atoms. The molecular formula is C17H31N3. The Balaban J connectivity index is 1.33. The van der Waals surface area contributed by atoms with Gasteiger partial charge in [-0.1, -0.05) is 6.92 Å². The van der Waals surface area contributed by atoms with Crippen LogP contribution in [0.2, 0.25) is 0 Å². The summed E-state index contributed by atoms with van der Waals surface area (Å²) in [6.07, 6.45) is 5.85. The number of nitrogens with zero attached hydrogens (tertiary/aromatic N) is 3. The number of likely N-dealkylation sites (tertiary alicyclic amines) is 3. The van der Waals surface area contributed by atoms with E-state index >= 15 is 0 Å². The molecule has 0 spiro atoms. The van der Waals surface area contributed by atoms with Gasteiger partial charge in [-0.05, 0) is 57.0 Å². The van der Waals surface area contributed by atoms with Crippen molar-refractivity contribution < 1.29 is 0 Å². The maximum Gasteiger partial charge on any atom is 0.0224 e. The first-order chi connectivity index (χ1) is 9.69. The van der Waals surface area contributed by atoms with Gasteiger partial charge >= 0.3 is 0 Å². The van der Waals surface area contributed by atoms with Crippen LogP contribution >= 0.6 is 0 Å². The highest BCUT2D eigenvalue weighted by Gasteiger charge is 2.43. The molecule has 3 saturated heterocycles. The Bertz CT molecular complexity index is 338. The second-order valence-electron chi connectivity index (χ2n) is 8.22. The van der Waals surface area contributed by atoms with Gasteiger partial charge in [0.1, 0.15) is 0 Å². The molecule has 3 heterocycles. The van der Waals surface area contributed by atoms with Crippen LogP contribution in [0.5, 0.6) is 0 Å². The molecule has 4 aliphatic rings. The molecule has 1 aliphatic carbocycles. The second kappa shape index (κ2) is 5.26. The number of piperidine rings is 1. The standard InChI is InChI=1S/C17H31N3/c1-13-8-20(9-13)16-4-3-5-19(12-16)17-6-14-10-18(2)11-15(14)7-17/h13-17H,3-12H2,1-2H3. The molecule has 0 N–H and O–H groups in total. The van der Waals surface area contributed by atoms with Gasteiger partial charge in [0, 0.05) is 44.8 Å². The first-order valence-electron chi connectivity index (χ1n) is 8.85. The maximum absolute atomic E-state index is 2.87.